The number of nitrogens with one attached hydrogen (secondary N) is 1. The first kappa shape index (κ1) is 22.1. The summed E-state index contributed by atoms with van der Waals surface area (Å²) in [4.78, 5) is 35.7. The maximum absolute atomic E-state index is 12.5. The molecule has 0 saturated heterocycles. The molecule has 158 valence electrons. The number of aliphatic carboxylic acids is 1. The molecule has 0 bridgehead atoms. The van der Waals surface area contributed by atoms with Crippen molar-refractivity contribution in [3.05, 3.63) is 52.1 Å². The topological polar surface area (TPSA) is 123 Å². The molecule has 2 rings (SSSR count). The third-order valence-corrected chi connectivity index (χ3v) is 4.62. The maximum Gasteiger partial charge on any atom is 0.407 e. The second kappa shape index (κ2) is 10.4. The lowest BCUT2D eigenvalue weighted by molar-refractivity contribution is -0.141. The Labute approximate surface area is 168 Å². The molecule has 1 aromatic carbocycles. The van der Waals surface area contributed by atoms with Gasteiger partial charge in [-0.25, -0.2) is 19.0 Å². The summed E-state index contributed by atoms with van der Waals surface area (Å²) in [5, 5.41) is 22.4. The van der Waals surface area contributed by atoms with Crippen molar-refractivity contribution in [2.75, 3.05) is 6.54 Å². The molecule has 0 spiro atoms. The number of nitrogens with zero attached hydrogens (tertiary/aromatic N) is 2. The summed E-state index contributed by atoms with van der Waals surface area (Å²) in [6, 6.07) is 8.17. The van der Waals surface area contributed by atoms with Gasteiger partial charge in [-0.15, -0.1) is 0 Å². The number of rotatable bonds is 10. The van der Waals surface area contributed by atoms with Crippen LogP contribution in [-0.4, -0.2) is 38.0 Å². The highest BCUT2D eigenvalue weighted by molar-refractivity contribution is 5.72. The molecule has 2 aromatic rings. The van der Waals surface area contributed by atoms with E-state index in [1.54, 1.807) is 13.8 Å². The minimum atomic E-state index is -1.17. The predicted molar refractivity (Wildman–Crippen MR) is 106 cm³/mol. The van der Waals surface area contributed by atoms with Crippen molar-refractivity contribution >= 4 is 12.1 Å². The van der Waals surface area contributed by atoms with E-state index in [2.05, 4.69) is 5.32 Å². The third-order valence-electron chi connectivity index (χ3n) is 4.62. The van der Waals surface area contributed by atoms with E-state index in [0.717, 1.165) is 10.1 Å². The lowest BCUT2D eigenvalue weighted by Crippen LogP contribution is -2.31. The Balaban J connectivity index is 1.94. The number of imidazole rings is 1. The van der Waals surface area contributed by atoms with Gasteiger partial charge >= 0.3 is 17.8 Å². The van der Waals surface area contributed by atoms with Crippen LogP contribution >= 0.6 is 0 Å². The van der Waals surface area contributed by atoms with Crippen molar-refractivity contribution in [2.24, 2.45) is 0 Å². The molecule has 0 aliphatic rings. The van der Waals surface area contributed by atoms with Crippen LogP contribution in [0.2, 0.25) is 0 Å². The zero-order valence-corrected chi connectivity index (χ0v) is 16.6. The molecule has 0 aliphatic carbocycles. The summed E-state index contributed by atoms with van der Waals surface area (Å²) >= 11 is 0. The van der Waals surface area contributed by atoms with E-state index < -0.39 is 23.8 Å². The average molecular weight is 405 g/mol. The van der Waals surface area contributed by atoms with E-state index in [1.807, 2.05) is 30.3 Å². The van der Waals surface area contributed by atoms with Crippen LogP contribution in [0.25, 0.3) is 0 Å². The van der Waals surface area contributed by atoms with Crippen LogP contribution in [0.4, 0.5) is 4.79 Å². The number of aromatic nitrogens is 2. The summed E-state index contributed by atoms with van der Waals surface area (Å²) in [5.41, 5.74) is 0.686. The van der Waals surface area contributed by atoms with Crippen LogP contribution < -0.4 is 11.0 Å². The second-order valence-corrected chi connectivity index (χ2v) is 6.52. The molecule has 0 saturated carbocycles. The lowest BCUT2D eigenvalue weighted by Gasteiger charge is -2.11. The Morgan fingerprint density at radius 2 is 1.90 bits per heavy atom. The SMILES string of the molecule is CCC(C(=O)O)n1c(O)c(CCCNC(=O)OCc2ccccc2)n(CC)c1=O. The smallest absolute Gasteiger partial charge is 0.407 e. The van der Waals surface area contributed by atoms with Gasteiger partial charge in [-0.3, -0.25) is 4.57 Å². The van der Waals surface area contributed by atoms with E-state index in [-0.39, 0.29) is 25.5 Å². The summed E-state index contributed by atoms with van der Waals surface area (Å²) in [7, 11) is 0. The highest BCUT2D eigenvalue weighted by Crippen LogP contribution is 2.23. The number of hydrogen-bond acceptors (Lipinski definition) is 5. The number of carbonyl (C=O) groups is 2. The minimum absolute atomic E-state index is 0.166. The highest BCUT2D eigenvalue weighted by Gasteiger charge is 2.27. The number of carboxylic acid groups (broad SMARTS) is 1. The van der Waals surface area contributed by atoms with Crippen LogP contribution in [0.15, 0.2) is 35.1 Å². The molecule has 9 heteroatoms. The van der Waals surface area contributed by atoms with Crippen LogP contribution in [0, 0.1) is 0 Å². The normalized spacial score (nSPS) is 11.8. The molecule has 0 aliphatic heterocycles. The largest absolute Gasteiger partial charge is 0.493 e. The van der Waals surface area contributed by atoms with Crippen molar-refractivity contribution in [3.8, 4) is 5.88 Å². The molecular weight excluding hydrogens is 378 g/mol. The summed E-state index contributed by atoms with van der Waals surface area (Å²) < 4.78 is 7.40. The van der Waals surface area contributed by atoms with Crippen molar-refractivity contribution in [1.29, 1.82) is 0 Å². The molecule has 3 N–H and O–H groups in total. The molecule has 1 amide bonds. The lowest BCUT2D eigenvalue weighted by atomic mass is 10.2. The number of carboxylic acids is 1. The molecule has 0 fully saturated rings. The molecule has 1 unspecified atom stereocenters. The van der Waals surface area contributed by atoms with Crippen molar-refractivity contribution in [1.82, 2.24) is 14.5 Å². The average Bonchev–Trinajstić information content (AvgIpc) is 2.94. The first-order valence-corrected chi connectivity index (χ1v) is 9.60. The summed E-state index contributed by atoms with van der Waals surface area (Å²) in [5.74, 6) is -1.51. The minimum Gasteiger partial charge on any atom is -0.493 e. The van der Waals surface area contributed by atoms with Gasteiger partial charge in [0.1, 0.15) is 12.6 Å². The van der Waals surface area contributed by atoms with Gasteiger partial charge in [0.25, 0.3) is 0 Å². The van der Waals surface area contributed by atoms with Gasteiger partial charge in [-0.2, -0.15) is 0 Å². The van der Waals surface area contributed by atoms with E-state index in [1.165, 1.54) is 4.57 Å². The van der Waals surface area contributed by atoms with Crippen molar-refractivity contribution in [2.45, 2.75) is 52.3 Å². The van der Waals surface area contributed by atoms with Gasteiger partial charge < -0.3 is 20.3 Å². The van der Waals surface area contributed by atoms with Crippen LogP contribution in [0.3, 0.4) is 0 Å². The number of carbonyl (C=O) groups excluding carboxylic acids is 1. The Bertz CT molecular complexity index is 888. The molecule has 1 heterocycles. The maximum atomic E-state index is 12.5. The first-order valence-electron chi connectivity index (χ1n) is 9.60. The molecular formula is C20H27N3O6. The van der Waals surface area contributed by atoms with E-state index in [9.17, 15) is 24.6 Å². The highest BCUT2D eigenvalue weighted by atomic mass is 16.5. The van der Waals surface area contributed by atoms with Crippen LogP contribution in [0.5, 0.6) is 5.88 Å². The third kappa shape index (κ3) is 5.40. The van der Waals surface area contributed by atoms with Gasteiger partial charge in [0.15, 0.2) is 0 Å². The quantitative estimate of drug-likeness (QED) is 0.521. The fraction of sp³-hybridized carbons (Fsp3) is 0.450. The monoisotopic (exact) mass is 405 g/mol. The van der Waals surface area contributed by atoms with Gasteiger partial charge in [0, 0.05) is 13.1 Å². The van der Waals surface area contributed by atoms with Gasteiger partial charge in [-0.05, 0) is 31.7 Å². The summed E-state index contributed by atoms with van der Waals surface area (Å²) in [6.45, 7) is 4.14. The fourth-order valence-corrected chi connectivity index (χ4v) is 3.14. The van der Waals surface area contributed by atoms with Gasteiger partial charge in [-0.1, -0.05) is 37.3 Å². The molecule has 29 heavy (non-hydrogen) atoms. The van der Waals surface area contributed by atoms with E-state index >= 15 is 0 Å². The zero-order chi connectivity index (χ0) is 21.4. The summed E-state index contributed by atoms with van der Waals surface area (Å²) in [6.07, 6.45) is 0.365. The van der Waals surface area contributed by atoms with Crippen LogP contribution in [0.1, 0.15) is 44.0 Å². The number of benzene rings is 1. The standard InChI is InChI=1S/C20H27N3O6/c1-3-15(18(25)26)23-17(24)16(22(4-2)20(23)28)11-8-12-21-19(27)29-13-14-9-6-5-7-10-14/h5-7,9-10,15,24H,3-4,8,11-13H2,1-2H3,(H,21,27)(H,25,26). The van der Waals surface area contributed by atoms with Crippen molar-refractivity contribution < 1.29 is 24.5 Å². The molecule has 9 nitrogen and oxygen atoms in total. The Hall–Kier alpha value is -3.23. The van der Waals surface area contributed by atoms with Gasteiger partial charge in [0.05, 0.1) is 5.69 Å². The zero-order valence-electron chi connectivity index (χ0n) is 16.6. The number of aromatic hydroxyl groups is 1. The van der Waals surface area contributed by atoms with Crippen LogP contribution in [-0.2, 0) is 29.1 Å². The van der Waals surface area contributed by atoms with Gasteiger partial charge in [0.2, 0.25) is 5.88 Å². The first-order chi connectivity index (χ1) is 13.9. The van der Waals surface area contributed by atoms with E-state index in [0.29, 0.717) is 25.1 Å². The number of amides is 1. The Kier molecular flexibility index (Phi) is 7.88. The molecule has 0 radical (unpaired) electrons. The fourth-order valence-electron chi connectivity index (χ4n) is 3.14. The van der Waals surface area contributed by atoms with E-state index in [4.69, 9.17) is 4.74 Å². The number of hydrogen-bond donors (Lipinski definition) is 3. The molecule has 1 aromatic heterocycles. The number of alkyl carbamates (subject to hydrolysis) is 1. The Morgan fingerprint density at radius 3 is 2.48 bits per heavy atom. The molecule has 1 atom stereocenters. The van der Waals surface area contributed by atoms with Crippen molar-refractivity contribution in [3.63, 3.8) is 0 Å². The Morgan fingerprint density at radius 1 is 1.21 bits per heavy atom. The second-order valence-electron chi connectivity index (χ2n) is 6.52. The predicted octanol–water partition coefficient (Wildman–Crippen LogP) is 2.27. The number of ether oxygens (including phenoxy) is 1.